The molecule has 0 spiro atoms. The average molecular weight is 123 g/mol. The molecule has 1 heteroatoms. The Kier molecular flexibility index (Phi) is 2.12. The quantitative estimate of drug-likeness (QED) is 0.467. The normalized spacial score (nSPS) is 40.0. The van der Waals surface area contributed by atoms with Gasteiger partial charge in [0.1, 0.15) is 0 Å². The highest BCUT2D eigenvalue weighted by atomic mass is 15.1. The molecule has 0 aromatic rings. The molecule has 3 heterocycles. The Balaban J connectivity index is 0.000000405. The van der Waals surface area contributed by atoms with Crippen molar-refractivity contribution in [3.05, 3.63) is 7.43 Å². The molecule has 9 heavy (non-hydrogen) atoms. The molecule has 3 saturated heterocycles. The second kappa shape index (κ2) is 2.70. The van der Waals surface area contributed by atoms with Crippen LogP contribution in [0.3, 0.4) is 0 Å². The Morgan fingerprint density at radius 3 is 1.44 bits per heavy atom. The first-order valence-electron chi connectivity index (χ1n) is 3.67. The Morgan fingerprint density at radius 2 is 1.33 bits per heavy atom. The molecule has 3 aliphatic rings. The van der Waals surface area contributed by atoms with E-state index in [0.29, 0.717) is 0 Å². The summed E-state index contributed by atoms with van der Waals surface area (Å²) in [6, 6.07) is 0. The first-order chi connectivity index (χ1) is 3.95. The number of hydrogen-bond donors (Lipinski definition) is 0. The summed E-state index contributed by atoms with van der Waals surface area (Å²) in [7, 11) is 0. The van der Waals surface area contributed by atoms with Gasteiger partial charge in [-0.3, -0.25) is 0 Å². The summed E-state index contributed by atoms with van der Waals surface area (Å²) in [5.41, 5.74) is 0. The zero-order chi connectivity index (χ0) is 5.40. The van der Waals surface area contributed by atoms with E-state index in [2.05, 4.69) is 4.90 Å². The van der Waals surface area contributed by atoms with E-state index in [1.807, 2.05) is 0 Å². The number of fused-ring (bicyclic) bond motifs is 3. The lowest BCUT2D eigenvalue weighted by molar-refractivity contribution is 0.111. The van der Waals surface area contributed by atoms with Gasteiger partial charge in [0.2, 0.25) is 0 Å². The SMILES string of the molecule is C1CN2CCC1CC2.[C]. The van der Waals surface area contributed by atoms with Gasteiger partial charge in [-0.05, 0) is 44.8 Å². The van der Waals surface area contributed by atoms with Gasteiger partial charge in [-0.15, -0.1) is 0 Å². The summed E-state index contributed by atoms with van der Waals surface area (Å²) in [5.74, 6) is 1.11. The summed E-state index contributed by atoms with van der Waals surface area (Å²) in [6.45, 7) is 4.18. The topological polar surface area (TPSA) is 3.24 Å². The first kappa shape index (κ1) is 7.07. The van der Waals surface area contributed by atoms with E-state index in [1.165, 1.54) is 38.9 Å². The van der Waals surface area contributed by atoms with Crippen molar-refractivity contribution in [2.24, 2.45) is 5.92 Å². The highest BCUT2D eigenvalue weighted by Gasteiger charge is 2.24. The number of nitrogens with zero attached hydrogens (tertiary/aromatic N) is 1. The van der Waals surface area contributed by atoms with Crippen LogP contribution < -0.4 is 0 Å². The number of piperidine rings is 3. The lowest BCUT2D eigenvalue weighted by atomic mass is 9.89. The van der Waals surface area contributed by atoms with Crippen LogP contribution in [0.15, 0.2) is 0 Å². The Morgan fingerprint density at radius 1 is 0.889 bits per heavy atom. The highest BCUT2D eigenvalue weighted by Crippen LogP contribution is 2.26. The van der Waals surface area contributed by atoms with Crippen molar-refractivity contribution < 1.29 is 0 Å². The number of rotatable bonds is 0. The molecule has 3 rings (SSSR count). The van der Waals surface area contributed by atoms with Crippen molar-refractivity contribution in [3.8, 4) is 0 Å². The van der Waals surface area contributed by atoms with Gasteiger partial charge in [0.25, 0.3) is 0 Å². The van der Waals surface area contributed by atoms with Crippen molar-refractivity contribution in [1.82, 2.24) is 4.90 Å². The van der Waals surface area contributed by atoms with E-state index in [9.17, 15) is 0 Å². The molecule has 0 aliphatic carbocycles. The van der Waals surface area contributed by atoms with E-state index >= 15 is 0 Å². The molecule has 0 atom stereocenters. The van der Waals surface area contributed by atoms with Crippen LogP contribution in [0.2, 0.25) is 0 Å². The second-order valence-electron chi connectivity index (χ2n) is 3.07. The average Bonchev–Trinajstić information content (AvgIpc) is 1.92. The molecule has 0 saturated carbocycles. The minimum absolute atomic E-state index is 0. The third-order valence-corrected chi connectivity index (χ3v) is 2.56. The zero-order valence-electron chi connectivity index (χ0n) is 5.77. The fourth-order valence-electron chi connectivity index (χ4n) is 1.86. The molecule has 0 amide bonds. The standard InChI is InChI=1S/C7H13N.C/c1-4-8-5-2-7(1)3-6-8;/h7H,1-6H2;. The zero-order valence-corrected chi connectivity index (χ0v) is 5.77. The molecule has 0 aromatic carbocycles. The van der Waals surface area contributed by atoms with Gasteiger partial charge in [0.05, 0.1) is 0 Å². The molecular weight excluding hydrogens is 110 g/mol. The fourth-order valence-corrected chi connectivity index (χ4v) is 1.86. The smallest absolute Gasteiger partial charge is 0 e. The van der Waals surface area contributed by atoms with Crippen molar-refractivity contribution in [1.29, 1.82) is 0 Å². The highest BCUT2D eigenvalue weighted by molar-refractivity contribution is 4.78. The summed E-state index contributed by atoms with van der Waals surface area (Å²) < 4.78 is 0. The maximum Gasteiger partial charge on any atom is 0 e. The molecule has 0 N–H and O–H groups in total. The van der Waals surface area contributed by atoms with Gasteiger partial charge in [-0.1, -0.05) is 0 Å². The van der Waals surface area contributed by atoms with Gasteiger partial charge in [0.15, 0.2) is 0 Å². The van der Waals surface area contributed by atoms with Crippen molar-refractivity contribution >= 4 is 0 Å². The van der Waals surface area contributed by atoms with Crippen LogP contribution in [-0.4, -0.2) is 24.5 Å². The Labute approximate surface area is 58.0 Å². The van der Waals surface area contributed by atoms with Crippen LogP contribution in [0.25, 0.3) is 0 Å². The predicted octanol–water partition coefficient (Wildman–Crippen LogP) is 1.18. The van der Waals surface area contributed by atoms with Gasteiger partial charge in [-0.25, -0.2) is 0 Å². The van der Waals surface area contributed by atoms with E-state index in [1.54, 1.807) is 0 Å². The molecule has 1 nitrogen and oxygen atoms in total. The third-order valence-electron chi connectivity index (χ3n) is 2.56. The summed E-state index contributed by atoms with van der Waals surface area (Å²) in [6.07, 6.45) is 4.46. The molecular formula is C8H13N. The minimum Gasteiger partial charge on any atom is -0.303 e. The molecule has 50 valence electrons. The minimum atomic E-state index is 0. The predicted molar refractivity (Wildman–Crippen MR) is 37.0 cm³/mol. The van der Waals surface area contributed by atoms with Crippen LogP contribution in [0.5, 0.6) is 0 Å². The lowest BCUT2D eigenvalue weighted by Gasteiger charge is -2.38. The van der Waals surface area contributed by atoms with Crippen molar-refractivity contribution in [2.45, 2.75) is 19.3 Å². The monoisotopic (exact) mass is 123 g/mol. The lowest BCUT2D eigenvalue weighted by Crippen LogP contribution is -2.41. The van der Waals surface area contributed by atoms with Crippen LogP contribution >= 0.6 is 0 Å². The van der Waals surface area contributed by atoms with Gasteiger partial charge >= 0.3 is 0 Å². The maximum absolute atomic E-state index is 2.58. The molecule has 2 bridgehead atoms. The van der Waals surface area contributed by atoms with E-state index in [0.717, 1.165) is 5.92 Å². The van der Waals surface area contributed by atoms with Crippen molar-refractivity contribution in [2.75, 3.05) is 19.6 Å². The van der Waals surface area contributed by atoms with E-state index in [-0.39, 0.29) is 7.43 Å². The molecule has 4 radical (unpaired) electrons. The summed E-state index contributed by atoms with van der Waals surface area (Å²) >= 11 is 0. The maximum atomic E-state index is 2.58. The van der Waals surface area contributed by atoms with Crippen molar-refractivity contribution in [3.63, 3.8) is 0 Å². The fraction of sp³-hybridized carbons (Fsp3) is 0.875. The Bertz CT molecular complexity index is 59.5. The molecule has 0 unspecified atom stereocenters. The Hall–Kier alpha value is -0.0400. The van der Waals surface area contributed by atoms with Crippen LogP contribution in [0.1, 0.15) is 19.3 Å². The van der Waals surface area contributed by atoms with Crippen LogP contribution in [0.4, 0.5) is 0 Å². The third kappa shape index (κ3) is 1.26. The van der Waals surface area contributed by atoms with E-state index in [4.69, 9.17) is 0 Å². The first-order valence-corrected chi connectivity index (χ1v) is 3.67. The van der Waals surface area contributed by atoms with Crippen LogP contribution in [0, 0.1) is 13.3 Å². The van der Waals surface area contributed by atoms with Gasteiger partial charge < -0.3 is 4.90 Å². The van der Waals surface area contributed by atoms with Gasteiger partial charge in [0, 0.05) is 7.43 Å². The molecule has 3 aliphatic heterocycles. The largest absolute Gasteiger partial charge is 0.303 e. The summed E-state index contributed by atoms with van der Waals surface area (Å²) in [5, 5.41) is 0. The molecule has 3 fully saturated rings. The summed E-state index contributed by atoms with van der Waals surface area (Å²) in [4.78, 5) is 2.58. The van der Waals surface area contributed by atoms with Crippen LogP contribution in [-0.2, 0) is 0 Å². The molecule has 0 aromatic heterocycles. The van der Waals surface area contributed by atoms with Gasteiger partial charge in [-0.2, -0.15) is 0 Å². The number of hydrogen-bond acceptors (Lipinski definition) is 1. The second-order valence-corrected chi connectivity index (χ2v) is 3.07. The van der Waals surface area contributed by atoms with E-state index < -0.39 is 0 Å².